The maximum Gasteiger partial charge on any atom is 0.251 e. The van der Waals surface area contributed by atoms with Crippen molar-refractivity contribution in [1.29, 1.82) is 0 Å². The smallest absolute Gasteiger partial charge is 0.251 e. The highest BCUT2D eigenvalue weighted by molar-refractivity contribution is 6.30. The van der Waals surface area contributed by atoms with E-state index >= 15 is 0 Å². The summed E-state index contributed by atoms with van der Waals surface area (Å²) in [5, 5.41) is 9.12. The fourth-order valence-electron chi connectivity index (χ4n) is 3.48. The average molecular weight is 450 g/mol. The Hall–Kier alpha value is -3.51. The van der Waals surface area contributed by atoms with Crippen molar-refractivity contribution in [3.05, 3.63) is 88.6 Å². The van der Waals surface area contributed by atoms with Gasteiger partial charge in [0.25, 0.3) is 5.91 Å². The van der Waals surface area contributed by atoms with Crippen molar-refractivity contribution in [3.63, 3.8) is 0 Å². The number of carbonyl (C=O) groups is 1. The van der Waals surface area contributed by atoms with Gasteiger partial charge in [-0.05, 0) is 54.4 Å². The number of hydrogen-bond donors (Lipinski definition) is 1. The SMILES string of the molecule is CCOc1ccc(CNC(=O)c2ccc3cnn(Cc4ccc(Cl)cc4)c3c2)cc1OC. The predicted octanol–water partition coefficient (Wildman–Crippen LogP) is 5.08. The molecule has 0 radical (unpaired) electrons. The number of rotatable bonds is 8. The van der Waals surface area contributed by atoms with Crippen LogP contribution in [0.1, 0.15) is 28.4 Å². The Bertz CT molecular complexity index is 1240. The molecule has 0 fully saturated rings. The van der Waals surface area contributed by atoms with Gasteiger partial charge < -0.3 is 14.8 Å². The molecule has 1 amide bonds. The lowest BCUT2D eigenvalue weighted by Crippen LogP contribution is -2.22. The minimum Gasteiger partial charge on any atom is -0.493 e. The van der Waals surface area contributed by atoms with Gasteiger partial charge in [0.2, 0.25) is 0 Å². The first-order chi connectivity index (χ1) is 15.6. The molecule has 0 aliphatic rings. The van der Waals surface area contributed by atoms with Crippen molar-refractivity contribution in [2.24, 2.45) is 0 Å². The van der Waals surface area contributed by atoms with Crippen molar-refractivity contribution in [1.82, 2.24) is 15.1 Å². The summed E-state index contributed by atoms with van der Waals surface area (Å²) >= 11 is 5.98. The molecule has 1 N–H and O–H groups in total. The van der Waals surface area contributed by atoms with Crippen LogP contribution < -0.4 is 14.8 Å². The van der Waals surface area contributed by atoms with E-state index in [1.54, 1.807) is 13.3 Å². The maximum atomic E-state index is 12.8. The van der Waals surface area contributed by atoms with Crippen LogP contribution in [-0.2, 0) is 13.1 Å². The molecule has 0 saturated heterocycles. The number of benzene rings is 3. The fourth-order valence-corrected chi connectivity index (χ4v) is 3.61. The molecule has 4 rings (SSSR count). The molecule has 0 saturated carbocycles. The van der Waals surface area contributed by atoms with E-state index in [0.717, 1.165) is 22.0 Å². The summed E-state index contributed by atoms with van der Waals surface area (Å²) in [6.45, 7) is 3.46. The van der Waals surface area contributed by atoms with Gasteiger partial charge in [0.15, 0.2) is 11.5 Å². The highest BCUT2D eigenvalue weighted by Crippen LogP contribution is 2.28. The van der Waals surface area contributed by atoms with Gasteiger partial charge in [0.1, 0.15) is 0 Å². The molecule has 0 atom stereocenters. The van der Waals surface area contributed by atoms with Crippen molar-refractivity contribution in [3.8, 4) is 11.5 Å². The van der Waals surface area contributed by atoms with Crippen LogP contribution in [0.4, 0.5) is 0 Å². The molecule has 4 aromatic rings. The van der Waals surface area contributed by atoms with E-state index in [0.29, 0.717) is 41.8 Å². The molecule has 1 aromatic heterocycles. The number of hydrogen-bond acceptors (Lipinski definition) is 4. The second-order valence-electron chi connectivity index (χ2n) is 7.30. The summed E-state index contributed by atoms with van der Waals surface area (Å²) in [6.07, 6.45) is 1.80. The summed E-state index contributed by atoms with van der Waals surface area (Å²) in [5.74, 6) is 1.18. The average Bonchev–Trinajstić information content (AvgIpc) is 3.21. The first kappa shape index (κ1) is 21.7. The zero-order valence-corrected chi connectivity index (χ0v) is 18.7. The summed E-state index contributed by atoms with van der Waals surface area (Å²) in [7, 11) is 1.60. The normalized spacial score (nSPS) is 10.8. The number of amides is 1. The van der Waals surface area contributed by atoms with E-state index in [1.165, 1.54) is 0 Å². The Labute approximate surface area is 191 Å². The molecule has 0 unspecified atom stereocenters. The van der Waals surface area contributed by atoms with Crippen LogP contribution in [0.5, 0.6) is 11.5 Å². The lowest BCUT2D eigenvalue weighted by atomic mass is 10.1. The number of halogens is 1. The van der Waals surface area contributed by atoms with Crippen molar-refractivity contribution in [2.45, 2.75) is 20.0 Å². The van der Waals surface area contributed by atoms with Crippen LogP contribution in [0.2, 0.25) is 5.02 Å². The van der Waals surface area contributed by atoms with Gasteiger partial charge in [0.05, 0.1) is 32.0 Å². The van der Waals surface area contributed by atoms with E-state index in [4.69, 9.17) is 21.1 Å². The lowest BCUT2D eigenvalue weighted by molar-refractivity contribution is 0.0951. The van der Waals surface area contributed by atoms with Crippen LogP contribution in [0.3, 0.4) is 0 Å². The van der Waals surface area contributed by atoms with E-state index in [1.807, 2.05) is 72.3 Å². The maximum absolute atomic E-state index is 12.8. The van der Waals surface area contributed by atoms with Gasteiger partial charge >= 0.3 is 0 Å². The molecule has 0 aliphatic carbocycles. The predicted molar refractivity (Wildman–Crippen MR) is 126 cm³/mol. The Morgan fingerprint density at radius 2 is 1.81 bits per heavy atom. The molecule has 164 valence electrons. The van der Waals surface area contributed by atoms with Crippen LogP contribution in [0.25, 0.3) is 10.9 Å². The third-order valence-corrected chi connectivity index (χ3v) is 5.39. The fraction of sp³-hybridized carbons (Fsp3) is 0.200. The molecule has 32 heavy (non-hydrogen) atoms. The first-order valence-electron chi connectivity index (χ1n) is 10.4. The monoisotopic (exact) mass is 449 g/mol. The topological polar surface area (TPSA) is 65.4 Å². The lowest BCUT2D eigenvalue weighted by Gasteiger charge is -2.12. The zero-order valence-electron chi connectivity index (χ0n) is 18.0. The minimum absolute atomic E-state index is 0.154. The number of nitrogens with one attached hydrogen (secondary N) is 1. The Morgan fingerprint density at radius 1 is 1.03 bits per heavy atom. The largest absolute Gasteiger partial charge is 0.493 e. The van der Waals surface area contributed by atoms with Crippen molar-refractivity contribution in [2.75, 3.05) is 13.7 Å². The third-order valence-electron chi connectivity index (χ3n) is 5.13. The third kappa shape index (κ3) is 4.86. The second kappa shape index (κ2) is 9.75. The summed E-state index contributed by atoms with van der Waals surface area (Å²) < 4.78 is 12.8. The minimum atomic E-state index is -0.154. The number of fused-ring (bicyclic) bond motifs is 1. The number of methoxy groups -OCH3 is 1. The molecule has 0 bridgehead atoms. The van der Waals surface area contributed by atoms with Crippen LogP contribution in [-0.4, -0.2) is 29.4 Å². The van der Waals surface area contributed by atoms with E-state index < -0.39 is 0 Å². The molecule has 0 spiro atoms. The molecular formula is C25H24ClN3O3. The van der Waals surface area contributed by atoms with E-state index in [-0.39, 0.29) is 5.91 Å². The van der Waals surface area contributed by atoms with Gasteiger partial charge in [-0.25, -0.2) is 0 Å². The van der Waals surface area contributed by atoms with Gasteiger partial charge in [-0.1, -0.05) is 35.9 Å². The molecule has 0 aliphatic heterocycles. The Kier molecular flexibility index (Phi) is 6.61. The molecule has 6 nitrogen and oxygen atoms in total. The van der Waals surface area contributed by atoms with E-state index in [9.17, 15) is 4.79 Å². The van der Waals surface area contributed by atoms with E-state index in [2.05, 4.69) is 10.4 Å². The summed E-state index contributed by atoms with van der Waals surface area (Å²) in [6, 6.07) is 18.9. The Balaban J connectivity index is 1.48. The summed E-state index contributed by atoms with van der Waals surface area (Å²) in [4.78, 5) is 12.8. The number of carbonyl (C=O) groups excluding carboxylic acids is 1. The van der Waals surface area contributed by atoms with Crippen LogP contribution in [0, 0.1) is 0 Å². The van der Waals surface area contributed by atoms with Crippen LogP contribution in [0.15, 0.2) is 66.9 Å². The number of nitrogens with zero attached hydrogens (tertiary/aromatic N) is 2. The van der Waals surface area contributed by atoms with Gasteiger partial charge in [-0.2, -0.15) is 5.10 Å². The van der Waals surface area contributed by atoms with Crippen LogP contribution >= 0.6 is 11.6 Å². The highest BCUT2D eigenvalue weighted by Gasteiger charge is 2.11. The molecule has 7 heteroatoms. The number of ether oxygens (including phenoxy) is 2. The number of aromatic nitrogens is 2. The molecule has 3 aromatic carbocycles. The summed E-state index contributed by atoms with van der Waals surface area (Å²) in [5.41, 5.74) is 3.48. The molecule has 1 heterocycles. The zero-order chi connectivity index (χ0) is 22.5. The molecular weight excluding hydrogens is 426 g/mol. The highest BCUT2D eigenvalue weighted by atomic mass is 35.5. The van der Waals surface area contributed by atoms with Gasteiger partial charge in [-0.15, -0.1) is 0 Å². The van der Waals surface area contributed by atoms with Gasteiger partial charge in [-0.3, -0.25) is 9.48 Å². The first-order valence-corrected chi connectivity index (χ1v) is 10.7. The van der Waals surface area contributed by atoms with Gasteiger partial charge in [0, 0.05) is 22.5 Å². The quantitative estimate of drug-likeness (QED) is 0.407. The van der Waals surface area contributed by atoms with Crippen molar-refractivity contribution >= 4 is 28.4 Å². The second-order valence-corrected chi connectivity index (χ2v) is 7.74. The van der Waals surface area contributed by atoms with Crippen molar-refractivity contribution < 1.29 is 14.3 Å². The Morgan fingerprint density at radius 3 is 2.56 bits per heavy atom. The standard InChI is InChI=1S/C25H24ClN3O3/c1-3-32-23-11-6-18(12-24(23)31-2)14-27-25(30)19-7-8-20-15-28-29(22(20)13-19)16-17-4-9-21(26)10-5-17/h4-13,15H,3,14,16H2,1-2H3,(H,27,30).